The van der Waals surface area contributed by atoms with Crippen molar-refractivity contribution in [2.75, 3.05) is 36.5 Å². The molecular weight excluding hydrogens is 473 g/mol. The highest BCUT2D eigenvalue weighted by Crippen LogP contribution is 2.44. The van der Waals surface area contributed by atoms with E-state index in [0.29, 0.717) is 32.5 Å². The van der Waals surface area contributed by atoms with Crippen molar-refractivity contribution >= 4 is 46.9 Å². The molecule has 3 fully saturated rings. The molecule has 6 rings (SSSR count). The minimum Gasteiger partial charge on any atom is -0.441 e. The number of carbonyl (C=O) groups is 2. The first-order valence-electron chi connectivity index (χ1n) is 11.7. The maximum absolute atomic E-state index is 14.2. The van der Waals surface area contributed by atoms with E-state index < -0.39 is 17.5 Å². The number of ether oxygens (including phenoxy) is 1. The fraction of sp³-hybridized carbons (Fsp3) is 0.400. The fourth-order valence-corrected chi connectivity index (χ4v) is 5.42. The van der Waals surface area contributed by atoms with Gasteiger partial charge >= 0.3 is 12.1 Å². The number of imidazole rings is 1. The standard InChI is InChI=1S/C25H26FN5O3.ClH/c1-29-12-13-30(23(29)32)17-6-7-19-20(14-17)28-22(27-19)16-8-10-25(11-9-16)15-31(24(33)34-25)21-5-3-2-4-18(21)26;/h2-7,14,16H,8-13,15H2,1H3,(H,27,28);1H/t16-,25-;. The van der Waals surface area contributed by atoms with Crippen LogP contribution in [0.3, 0.4) is 0 Å². The Balaban J connectivity index is 0.00000253. The monoisotopic (exact) mass is 499 g/mol. The van der Waals surface area contributed by atoms with E-state index in [9.17, 15) is 14.0 Å². The van der Waals surface area contributed by atoms with Crippen LogP contribution in [0.25, 0.3) is 11.0 Å². The molecule has 3 amide bonds. The number of fused-ring (bicyclic) bond motifs is 1. The quantitative estimate of drug-likeness (QED) is 0.547. The van der Waals surface area contributed by atoms with Crippen LogP contribution in [-0.2, 0) is 4.74 Å². The Labute approximate surface area is 208 Å². The third-order valence-corrected chi connectivity index (χ3v) is 7.41. The zero-order chi connectivity index (χ0) is 23.4. The van der Waals surface area contributed by atoms with E-state index in [2.05, 4.69) is 4.98 Å². The zero-order valence-electron chi connectivity index (χ0n) is 19.4. The number of amides is 3. The maximum atomic E-state index is 14.2. The summed E-state index contributed by atoms with van der Waals surface area (Å²) in [6.45, 7) is 1.75. The van der Waals surface area contributed by atoms with E-state index in [4.69, 9.17) is 9.72 Å². The van der Waals surface area contributed by atoms with E-state index in [0.717, 1.165) is 35.4 Å². The van der Waals surface area contributed by atoms with E-state index in [1.807, 2.05) is 18.2 Å². The molecule has 184 valence electrons. The summed E-state index contributed by atoms with van der Waals surface area (Å²) in [7, 11) is 1.81. The summed E-state index contributed by atoms with van der Waals surface area (Å²) < 4.78 is 20.0. The van der Waals surface area contributed by atoms with Crippen molar-refractivity contribution in [3.8, 4) is 0 Å². The Kier molecular flexibility index (Phi) is 5.83. The van der Waals surface area contributed by atoms with Gasteiger partial charge in [0.2, 0.25) is 0 Å². The lowest BCUT2D eigenvalue weighted by Crippen LogP contribution is -2.38. The topological polar surface area (TPSA) is 81.8 Å². The number of benzene rings is 2. The van der Waals surface area contributed by atoms with Crippen LogP contribution in [0.1, 0.15) is 37.4 Å². The molecule has 1 saturated carbocycles. The average molecular weight is 500 g/mol. The fourth-order valence-electron chi connectivity index (χ4n) is 5.42. The van der Waals surface area contributed by atoms with E-state index in [1.165, 1.54) is 11.0 Å². The number of carbonyl (C=O) groups excluding carboxylic acids is 2. The molecule has 1 aliphatic carbocycles. The molecule has 2 aromatic carbocycles. The molecule has 2 aliphatic heterocycles. The molecule has 10 heteroatoms. The molecule has 3 heterocycles. The summed E-state index contributed by atoms with van der Waals surface area (Å²) >= 11 is 0. The Morgan fingerprint density at radius 3 is 2.57 bits per heavy atom. The molecule has 1 N–H and O–H groups in total. The first kappa shape index (κ1) is 23.4. The van der Waals surface area contributed by atoms with Gasteiger partial charge in [-0.3, -0.25) is 9.80 Å². The van der Waals surface area contributed by atoms with E-state index in [-0.39, 0.29) is 30.0 Å². The lowest BCUT2D eigenvalue weighted by atomic mass is 9.78. The number of para-hydroxylation sites is 1. The van der Waals surface area contributed by atoms with Crippen LogP contribution in [0.5, 0.6) is 0 Å². The molecule has 1 spiro atoms. The summed E-state index contributed by atoms with van der Waals surface area (Å²) in [5, 5.41) is 0. The molecule has 35 heavy (non-hydrogen) atoms. The number of H-pyrrole nitrogens is 1. The number of likely N-dealkylation sites (N-methyl/N-ethyl adjacent to an activating group) is 1. The molecule has 0 radical (unpaired) electrons. The Hall–Kier alpha value is -3.33. The Bertz CT molecular complexity index is 1290. The van der Waals surface area contributed by atoms with Gasteiger partial charge in [-0.1, -0.05) is 12.1 Å². The number of halogens is 2. The molecule has 0 atom stereocenters. The van der Waals surface area contributed by atoms with Crippen LogP contribution >= 0.6 is 12.4 Å². The summed E-state index contributed by atoms with van der Waals surface area (Å²) in [6.07, 6.45) is 2.55. The largest absolute Gasteiger partial charge is 0.441 e. The molecule has 3 aromatic rings. The number of aromatic nitrogens is 2. The van der Waals surface area contributed by atoms with Crippen LogP contribution in [0.2, 0.25) is 0 Å². The number of rotatable bonds is 3. The lowest BCUT2D eigenvalue weighted by molar-refractivity contribution is 0.0208. The number of urea groups is 1. The van der Waals surface area contributed by atoms with Gasteiger partial charge in [-0.25, -0.2) is 19.0 Å². The first-order valence-corrected chi connectivity index (χ1v) is 11.7. The van der Waals surface area contributed by atoms with Crippen LogP contribution in [-0.4, -0.2) is 59.3 Å². The van der Waals surface area contributed by atoms with Gasteiger partial charge in [-0.2, -0.15) is 0 Å². The third kappa shape index (κ3) is 3.97. The van der Waals surface area contributed by atoms with Gasteiger partial charge < -0.3 is 14.6 Å². The van der Waals surface area contributed by atoms with E-state index >= 15 is 0 Å². The predicted octanol–water partition coefficient (Wildman–Crippen LogP) is 5.05. The van der Waals surface area contributed by atoms with Crippen molar-refractivity contribution in [3.05, 3.63) is 54.1 Å². The van der Waals surface area contributed by atoms with Crippen LogP contribution in [0.15, 0.2) is 42.5 Å². The molecular formula is C25H27ClFN5O3. The van der Waals surface area contributed by atoms with Gasteiger partial charge in [-0.15, -0.1) is 12.4 Å². The average Bonchev–Trinajstić information content (AvgIpc) is 3.50. The van der Waals surface area contributed by atoms with Gasteiger partial charge in [0.25, 0.3) is 0 Å². The minimum absolute atomic E-state index is 0. The number of hydrogen-bond acceptors (Lipinski definition) is 4. The highest BCUT2D eigenvalue weighted by Gasteiger charge is 2.48. The Morgan fingerprint density at radius 2 is 1.86 bits per heavy atom. The highest BCUT2D eigenvalue weighted by atomic mass is 35.5. The molecule has 3 aliphatic rings. The van der Waals surface area contributed by atoms with E-state index in [1.54, 1.807) is 35.0 Å². The van der Waals surface area contributed by atoms with Gasteiger partial charge in [0, 0.05) is 31.7 Å². The van der Waals surface area contributed by atoms with Gasteiger partial charge in [0.15, 0.2) is 0 Å². The second-order valence-corrected chi connectivity index (χ2v) is 9.54. The molecule has 8 nitrogen and oxygen atoms in total. The van der Waals surface area contributed by atoms with Gasteiger partial charge in [0.05, 0.1) is 23.3 Å². The second-order valence-electron chi connectivity index (χ2n) is 9.54. The predicted molar refractivity (Wildman–Crippen MR) is 133 cm³/mol. The lowest BCUT2D eigenvalue weighted by Gasteiger charge is -2.34. The number of nitrogens with zero attached hydrogens (tertiary/aromatic N) is 4. The van der Waals surface area contributed by atoms with Crippen LogP contribution in [0, 0.1) is 5.82 Å². The van der Waals surface area contributed by atoms with Gasteiger partial charge in [-0.05, 0) is 56.0 Å². The third-order valence-electron chi connectivity index (χ3n) is 7.41. The van der Waals surface area contributed by atoms with Crippen LogP contribution < -0.4 is 9.80 Å². The summed E-state index contributed by atoms with van der Waals surface area (Å²) in [6, 6.07) is 12.2. The summed E-state index contributed by atoms with van der Waals surface area (Å²) in [5.74, 6) is 0.721. The van der Waals surface area contributed by atoms with Crippen LogP contribution in [0.4, 0.5) is 25.4 Å². The molecule has 2 saturated heterocycles. The molecule has 0 unspecified atom stereocenters. The highest BCUT2D eigenvalue weighted by molar-refractivity contribution is 5.96. The van der Waals surface area contributed by atoms with Crippen molar-refractivity contribution in [2.45, 2.75) is 37.2 Å². The Morgan fingerprint density at radius 1 is 1.09 bits per heavy atom. The van der Waals surface area contributed by atoms with Crippen molar-refractivity contribution in [1.29, 1.82) is 0 Å². The second kappa shape index (κ2) is 8.71. The van der Waals surface area contributed by atoms with Crippen molar-refractivity contribution in [3.63, 3.8) is 0 Å². The van der Waals surface area contributed by atoms with Crippen molar-refractivity contribution in [2.24, 2.45) is 0 Å². The number of aromatic amines is 1. The van der Waals surface area contributed by atoms with Gasteiger partial charge in [0.1, 0.15) is 17.2 Å². The van der Waals surface area contributed by atoms with Crippen molar-refractivity contribution in [1.82, 2.24) is 14.9 Å². The normalized spacial score (nSPS) is 24.4. The number of nitrogens with one attached hydrogen (secondary N) is 1. The SMILES string of the molecule is CN1CCN(c2ccc3[nH]c([C@H]4CC[C@]5(CC4)CN(c4ccccc4F)C(=O)O5)nc3c2)C1=O.Cl. The van der Waals surface area contributed by atoms with Crippen molar-refractivity contribution < 1.29 is 18.7 Å². The zero-order valence-corrected chi connectivity index (χ0v) is 20.2. The molecule has 1 aromatic heterocycles. The maximum Gasteiger partial charge on any atom is 0.415 e. The minimum atomic E-state index is -0.586. The summed E-state index contributed by atoms with van der Waals surface area (Å²) in [4.78, 5) is 38.1. The molecule has 0 bridgehead atoms. The summed E-state index contributed by atoms with van der Waals surface area (Å²) in [5.41, 5.74) is 2.32. The number of hydrogen-bond donors (Lipinski definition) is 1. The number of anilines is 2. The smallest absolute Gasteiger partial charge is 0.415 e. The first-order chi connectivity index (χ1) is 16.4.